The highest BCUT2D eigenvalue weighted by molar-refractivity contribution is 5.76. The Balaban J connectivity index is 1.72. The second-order valence-electron chi connectivity index (χ2n) is 6.41. The van der Waals surface area contributed by atoms with E-state index in [2.05, 4.69) is 21.1 Å². The van der Waals surface area contributed by atoms with Gasteiger partial charge in [0.25, 0.3) is 0 Å². The van der Waals surface area contributed by atoms with Crippen molar-refractivity contribution < 1.29 is 9.84 Å². The third kappa shape index (κ3) is 3.54. The summed E-state index contributed by atoms with van der Waals surface area (Å²) in [5.41, 5.74) is 1.60. The van der Waals surface area contributed by atoms with E-state index in [9.17, 15) is 5.11 Å². The van der Waals surface area contributed by atoms with Gasteiger partial charge in [0.2, 0.25) is 0 Å². The van der Waals surface area contributed by atoms with Gasteiger partial charge >= 0.3 is 0 Å². The summed E-state index contributed by atoms with van der Waals surface area (Å²) in [6, 6.07) is 3.81. The van der Waals surface area contributed by atoms with E-state index in [1.54, 1.807) is 20.0 Å². The molecule has 0 saturated carbocycles. The van der Waals surface area contributed by atoms with Crippen LogP contribution in [0.4, 0.5) is 0 Å². The van der Waals surface area contributed by atoms with Gasteiger partial charge in [-0.1, -0.05) is 0 Å². The zero-order chi connectivity index (χ0) is 15.6. The fourth-order valence-electron chi connectivity index (χ4n) is 2.74. The number of aromatic nitrogens is 1. The highest BCUT2D eigenvalue weighted by atomic mass is 16.5. The van der Waals surface area contributed by atoms with E-state index >= 15 is 0 Å². The van der Waals surface area contributed by atoms with Crippen molar-refractivity contribution in [3.63, 3.8) is 0 Å². The summed E-state index contributed by atoms with van der Waals surface area (Å²) in [6.45, 7) is 6.07. The van der Waals surface area contributed by atoms with Gasteiger partial charge in [-0.15, -0.1) is 0 Å². The molecule has 2 aliphatic rings. The lowest BCUT2D eigenvalue weighted by Gasteiger charge is -2.25. The first-order valence-corrected chi connectivity index (χ1v) is 7.82. The average molecular weight is 301 g/mol. The van der Waals surface area contributed by atoms with Crippen LogP contribution in [-0.4, -0.2) is 47.0 Å². The van der Waals surface area contributed by atoms with E-state index in [1.165, 1.54) is 0 Å². The van der Waals surface area contributed by atoms with Gasteiger partial charge < -0.3 is 14.7 Å². The standard InChI is InChI=1S/C17H23N3O2/c1-17(2,21)16-6-5-13(10-19-16)15-12-20(8-7-18-15)11-14-4-3-9-22-14/h5-7,10,12,14,21H,3-4,8-9,11H2,1-2H3/t14-/m0/s1. The Morgan fingerprint density at radius 1 is 1.41 bits per heavy atom. The Kier molecular flexibility index (Phi) is 4.27. The summed E-state index contributed by atoms with van der Waals surface area (Å²) < 4.78 is 5.69. The third-order valence-electron chi connectivity index (χ3n) is 4.00. The smallest absolute Gasteiger partial charge is 0.101 e. The molecular weight excluding hydrogens is 278 g/mol. The van der Waals surface area contributed by atoms with Crippen molar-refractivity contribution >= 4 is 11.9 Å². The topological polar surface area (TPSA) is 58.0 Å². The van der Waals surface area contributed by atoms with Crippen LogP contribution in [0.15, 0.2) is 29.5 Å². The Morgan fingerprint density at radius 2 is 2.27 bits per heavy atom. The largest absolute Gasteiger partial charge is 0.384 e. The first-order valence-electron chi connectivity index (χ1n) is 7.82. The predicted octanol–water partition coefficient (Wildman–Crippen LogP) is 2.17. The maximum Gasteiger partial charge on any atom is 0.101 e. The van der Waals surface area contributed by atoms with Gasteiger partial charge in [-0.3, -0.25) is 9.98 Å². The molecule has 5 heteroatoms. The first-order chi connectivity index (χ1) is 10.5. The van der Waals surface area contributed by atoms with Crippen molar-refractivity contribution in [3.05, 3.63) is 35.8 Å². The minimum absolute atomic E-state index is 0.333. The van der Waals surface area contributed by atoms with Crippen LogP contribution in [0.1, 0.15) is 37.9 Å². The Morgan fingerprint density at radius 3 is 2.91 bits per heavy atom. The van der Waals surface area contributed by atoms with Crippen molar-refractivity contribution in [1.82, 2.24) is 9.88 Å². The minimum atomic E-state index is -0.922. The summed E-state index contributed by atoms with van der Waals surface area (Å²) in [5, 5.41) is 9.96. The highest BCUT2D eigenvalue weighted by Gasteiger charge is 2.20. The average Bonchev–Trinajstić information content (AvgIpc) is 3.00. The van der Waals surface area contributed by atoms with Gasteiger partial charge in [0.1, 0.15) is 5.60 Å². The van der Waals surface area contributed by atoms with Crippen molar-refractivity contribution in [1.29, 1.82) is 0 Å². The van der Waals surface area contributed by atoms with Gasteiger partial charge in [0, 0.05) is 37.3 Å². The Hall–Kier alpha value is -1.72. The van der Waals surface area contributed by atoms with Crippen molar-refractivity contribution in [3.8, 4) is 0 Å². The molecule has 1 saturated heterocycles. The molecule has 1 aromatic rings. The number of hydrogen-bond acceptors (Lipinski definition) is 5. The third-order valence-corrected chi connectivity index (χ3v) is 4.00. The van der Waals surface area contributed by atoms with Crippen LogP contribution in [0.2, 0.25) is 0 Å². The number of aliphatic hydroxyl groups is 1. The van der Waals surface area contributed by atoms with E-state index in [-0.39, 0.29) is 0 Å². The van der Waals surface area contributed by atoms with Crippen molar-refractivity contribution in [2.24, 2.45) is 4.99 Å². The molecule has 1 aromatic heterocycles. The van der Waals surface area contributed by atoms with Crippen molar-refractivity contribution in [2.75, 3.05) is 19.7 Å². The molecule has 22 heavy (non-hydrogen) atoms. The number of rotatable bonds is 4. The molecule has 3 rings (SSSR count). The summed E-state index contributed by atoms with van der Waals surface area (Å²) in [7, 11) is 0. The van der Waals surface area contributed by atoms with Gasteiger partial charge in [0.15, 0.2) is 0 Å². The first kappa shape index (κ1) is 15.2. The number of ether oxygens (including phenoxy) is 1. The van der Waals surface area contributed by atoms with Crippen molar-refractivity contribution in [2.45, 2.75) is 38.4 Å². The summed E-state index contributed by atoms with van der Waals surface area (Å²) >= 11 is 0. The van der Waals surface area contributed by atoms with Gasteiger partial charge in [-0.2, -0.15) is 0 Å². The predicted molar refractivity (Wildman–Crippen MR) is 86.5 cm³/mol. The normalized spacial score (nSPS) is 22.0. The summed E-state index contributed by atoms with van der Waals surface area (Å²) in [4.78, 5) is 11.1. The van der Waals surface area contributed by atoms with E-state index in [0.717, 1.165) is 43.8 Å². The second-order valence-corrected chi connectivity index (χ2v) is 6.41. The molecule has 0 bridgehead atoms. The van der Waals surface area contributed by atoms with Crippen LogP contribution in [0.25, 0.3) is 5.70 Å². The van der Waals surface area contributed by atoms with Gasteiger partial charge in [-0.05, 0) is 38.8 Å². The monoisotopic (exact) mass is 301 g/mol. The number of nitrogens with zero attached hydrogens (tertiary/aromatic N) is 3. The lowest BCUT2D eigenvalue weighted by molar-refractivity contribution is 0.0738. The maximum atomic E-state index is 9.96. The lowest BCUT2D eigenvalue weighted by atomic mass is 10.0. The highest BCUT2D eigenvalue weighted by Crippen LogP contribution is 2.23. The van der Waals surface area contributed by atoms with Gasteiger partial charge in [0.05, 0.1) is 24.0 Å². The molecule has 0 unspecified atom stereocenters. The van der Waals surface area contributed by atoms with Gasteiger partial charge in [-0.25, -0.2) is 0 Å². The molecule has 0 aliphatic carbocycles. The number of hydrogen-bond donors (Lipinski definition) is 1. The molecule has 0 aromatic carbocycles. The molecule has 1 atom stereocenters. The fourth-order valence-corrected chi connectivity index (χ4v) is 2.74. The molecule has 2 aliphatic heterocycles. The lowest BCUT2D eigenvalue weighted by Crippen LogP contribution is -2.31. The molecule has 5 nitrogen and oxygen atoms in total. The quantitative estimate of drug-likeness (QED) is 0.926. The molecule has 1 fully saturated rings. The van der Waals surface area contributed by atoms with Crippen LogP contribution in [0.5, 0.6) is 0 Å². The minimum Gasteiger partial charge on any atom is -0.384 e. The van der Waals surface area contributed by atoms with E-state index in [0.29, 0.717) is 11.8 Å². The Bertz CT molecular complexity index is 567. The van der Waals surface area contributed by atoms with Crippen LogP contribution >= 0.6 is 0 Å². The molecule has 1 N–H and O–H groups in total. The number of pyridine rings is 1. The zero-order valence-corrected chi connectivity index (χ0v) is 13.2. The van der Waals surface area contributed by atoms with E-state index < -0.39 is 5.60 Å². The van der Waals surface area contributed by atoms with E-state index in [1.807, 2.05) is 18.3 Å². The zero-order valence-electron chi connectivity index (χ0n) is 13.2. The molecule has 0 spiro atoms. The number of aliphatic imine (C=N–C) groups is 1. The summed E-state index contributed by atoms with van der Waals surface area (Å²) in [6.07, 6.45) is 8.40. The Labute approximate surface area is 131 Å². The molecule has 3 heterocycles. The van der Waals surface area contributed by atoms with Crippen LogP contribution < -0.4 is 0 Å². The molecule has 118 valence electrons. The summed E-state index contributed by atoms with van der Waals surface area (Å²) in [5.74, 6) is 0. The molecular formula is C17H23N3O2. The molecule has 0 amide bonds. The maximum absolute atomic E-state index is 9.96. The molecule has 0 radical (unpaired) electrons. The fraction of sp³-hybridized carbons (Fsp3) is 0.529. The van der Waals surface area contributed by atoms with Crippen LogP contribution in [0, 0.1) is 0 Å². The van der Waals surface area contributed by atoms with Crippen LogP contribution in [0.3, 0.4) is 0 Å². The second kappa shape index (κ2) is 6.18. The van der Waals surface area contributed by atoms with Crippen LogP contribution in [-0.2, 0) is 10.3 Å². The van der Waals surface area contributed by atoms with E-state index in [4.69, 9.17) is 4.74 Å². The SMILES string of the molecule is CC(C)(O)c1ccc(C2=CN(C[C@@H]3CCCO3)CC=N2)cn1.